The molecule has 1 fully saturated rings. The fourth-order valence-electron chi connectivity index (χ4n) is 2.90. The Morgan fingerprint density at radius 1 is 1.08 bits per heavy atom. The Bertz CT molecular complexity index is 849. The van der Waals surface area contributed by atoms with E-state index in [2.05, 4.69) is 9.71 Å². The summed E-state index contributed by atoms with van der Waals surface area (Å²) in [6.45, 7) is 0. The molecule has 134 valence electrons. The molecular formula is C17H18Cl2N2O3S. The minimum Gasteiger partial charge on any atom is -0.393 e. The minimum atomic E-state index is -3.60. The molecule has 0 radical (unpaired) electrons. The summed E-state index contributed by atoms with van der Waals surface area (Å²) in [5.41, 5.74) is 1.26. The first-order valence-electron chi connectivity index (χ1n) is 7.97. The van der Waals surface area contributed by atoms with Crippen molar-refractivity contribution >= 4 is 33.2 Å². The largest absolute Gasteiger partial charge is 0.393 e. The number of nitrogens with zero attached hydrogens (tertiary/aromatic N) is 1. The van der Waals surface area contributed by atoms with Gasteiger partial charge in [0.2, 0.25) is 10.0 Å². The van der Waals surface area contributed by atoms with E-state index in [4.69, 9.17) is 23.2 Å². The molecule has 0 saturated heterocycles. The molecule has 1 heterocycles. The molecule has 0 spiro atoms. The molecule has 1 aromatic carbocycles. The lowest BCUT2D eigenvalue weighted by Gasteiger charge is -2.26. The van der Waals surface area contributed by atoms with Gasteiger partial charge in [0.15, 0.2) is 0 Å². The second-order valence-corrected chi connectivity index (χ2v) is 8.69. The fraction of sp³-hybridized carbons (Fsp3) is 0.353. The van der Waals surface area contributed by atoms with Gasteiger partial charge in [-0.25, -0.2) is 13.1 Å². The molecule has 0 bridgehead atoms. The van der Waals surface area contributed by atoms with Crippen molar-refractivity contribution in [2.24, 2.45) is 0 Å². The molecule has 1 aromatic heterocycles. The van der Waals surface area contributed by atoms with Crippen LogP contribution in [0.3, 0.4) is 0 Å². The molecule has 1 aliphatic carbocycles. The van der Waals surface area contributed by atoms with Crippen molar-refractivity contribution in [3.8, 4) is 11.3 Å². The van der Waals surface area contributed by atoms with Crippen LogP contribution in [0.1, 0.15) is 25.7 Å². The molecule has 1 aliphatic rings. The van der Waals surface area contributed by atoms with E-state index < -0.39 is 10.0 Å². The highest BCUT2D eigenvalue weighted by atomic mass is 35.5. The van der Waals surface area contributed by atoms with Gasteiger partial charge in [0.05, 0.1) is 26.7 Å². The molecule has 0 atom stereocenters. The SMILES string of the molecule is O=S(=O)(NC1CCC(O)CC1)c1ccc(-c2ncc(Cl)cc2Cl)cc1. The van der Waals surface area contributed by atoms with Gasteiger partial charge in [-0.2, -0.15) is 0 Å². The van der Waals surface area contributed by atoms with Gasteiger partial charge in [-0.1, -0.05) is 35.3 Å². The maximum Gasteiger partial charge on any atom is 0.240 e. The molecule has 3 rings (SSSR count). The number of benzene rings is 1. The van der Waals surface area contributed by atoms with Gasteiger partial charge < -0.3 is 5.11 Å². The fourth-order valence-corrected chi connectivity index (χ4v) is 4.69. The summed E-state index contributed by atoms with van der Waals surface area (Å²) in [4.78, 5) is 4.38. The molecule has 1 saturated carbocycles. The smallest absolute Gasteiger partial charge is 0.240 e. The lowest BCUT2D eigenvalue weighted by atomic mass is 9.94. The molecule has 25 heavy (non-hydrogen) atoms. The average molecular weight is 401 g/mol. The number of aromatic nitrogens is 1. The van der Waals surface area contributed by atoms with Crippen LogP contribution in [-0.4, -0.2) is 30.7 Å². The van der Waals surface area contributed by atoms with Crippen LogP contribution >= 0.6 is 23.2 Å². The minimum absolute atomic E-state index is 0.138. The second-order valence-electron chi connectivity index (χ2n) is 6.14. The van der Waals surface area contributed by atoms with E-state index in [1.165, 1.54) is 18.3 Å². The zero-order valence-electron chi connectivity index (χ0n) is 13.3. The summed E-state index contributed by atoms with van der Waals surface area (Å²) < 4.78 is 27.7. The van der Waals surface area contributed by atoms with Gasteiger partial charge in [-0.05, 0) is 43.9 Å². The molecule has 0 unspecified atom stereocenters. The Morgan fingerprint density at radius 2 is 1.72 bits per heavy atom. The predicted octanol–water partition coefficient (Wildman–Crippen LogP) is 3.64. The zero-order chi connectivity index (χ0) is 18.0. The summed E-state index contributed by atoms with van der Waals surface area (Å²) in [7, 11) is -3.60. The third kappa shape index (κ3) is 4.51. The number of rotatable bonds is 4. The van der Waals surface area contributed by atoms with E-state index >= 15 is 0 Å². The average Bonchev–Trinajstić information content (AvgIpc) is 2.57. The van der Waals surface area contributed by atoms with Crippen molar-refractivity contribution in [1.29, 1.82) is 0 Å². The van der Waals surface area contributed by atoms with E-state index in [1.807, 2.05) is 0 Å². The maximum atomic E-state index is 12.5. The van der Waals surface area contributed by atoms with Crippen molar-refractivity contribution in [1.82, 2.24) is 9.71 Å². The Kier molecular flexibility index (Phi) is 5.65. The molecule has 2 N–H and O–H groups in total. The molecule has 0 aliphatic heterocycles. The van der Waals surface area contributed by atoms with E-state index in [-0.39, 0.29) is 17.0 Å². The van der Waals surface area contributed by atoms with Crippen LogP contribution in [0.25, 0.3) is 11.3 Å². The second kappa shape index (κ2) is 7.60. The predicted molar refractivity (Wildman–Crippen MR) is 98.3 cm³/mol. The van der Waals surface area contributed by atoms with Crippen LogP contribution in [0.15, 0.2) is 41.4 Å². The number of nitrogens with one attached hydrogen (secondary N) is 1. The third-order valence-corrected chi connectivity index (χ3v) is 6.30. The number of aliphatic hydroxyl groups is 1. The zero-order valence-corrected chi connectivity index (χ0v) is 15.7. The number of sulfonamides is 1. The maximum absolute atomic E-state index is 12.5. The van der Waals surface area contributed by atoms with E-state index in [0.717, 1.165) is 0 Å². The van der Waals surface area contributed by atoms with Gasteiger partial charge >= 0.3 is 0 Å². The van der Waals surface area contributed by atoms with Crippen molar-refractivity contribution in [2.75, 3.05) is 0 Å². The highest BCUT2D eigenvalue weighted by molar-refractivity contribution is 7.89. The van der Waals surface area contributed by atoms with Crippen molar-refractivity contribution in [3.05, 3.63) is 46.6 Å². The number of pyridine rings is 1. The van der Waals surface area contributed by atoms with Crippen LogP contribution in [0.5, 0.6) is 0 Å². The van der Waals surface area contributed by atoms with Gasteiger partial charge in [-0.3, -0.25) is 4.98 Å². The summed E-state index contributed by atoms with van der Waals surface area (Å²) in [6.07, 6.45) is 3.69. The van der Waals surface area contributed by atoms with Crippen molar-refractivity contribution in [3.63, 3.8) is 0 Å². The standard InChI is InChI=1S/C17H18Cl2N2O3S/c18-12-9-16(19)17(20-10-12)11-1-7-15(8-2-11)25(23,24)21-13-3-5-14(22)6-4-13/h1-2,7-10,13-14,21-22H,3-6H2. The molecule has 8 heteroatoms. The van der Waals surface area contributed by atoms with Gasteiger partial charge in [0, 0.05) is 17.8 Å². The molecular weight excluding hydrogens is 383 g/mol. The van der Waals surface area contributed by atoms with Crippen LogP contribution < -0.4 is 4.72 Å². The van der Waals surface area contributed by atoms with Gasteiger partial charge in [-0.15, -0.1) is 0 Å². The van der Waals surface area contributed by atoms with E-state index in [1.54, 1.807) is 18.2 Å². The summed E-state index contributed by atoms with van der Waals surface area (Å²) in [5.74, 6) is 0. The van der Waals surface area contributed by atoms with Gasteiger partial charge in [0.1, 0.15) is 0 Å². The number of aliphatic hydroxyl groups excluding tert-OH is 1. The highest BCUT2D eigenvalue weighted by Crippen LogP contribution is 2.29. The van der Waals surface area contributed by atoms with Crippen LogP contribution in [0.4, 0.5) is 0 Å². The number of halogens is 2. The third-order valence-electron chi connectivity index (χ3n) is 4.26. The first kappa shape index (κ1) is 18.6. The quantitative estimate of drug-likeness (QED) is 0.820. The topological polar surface area (TPSA) is 79.3 Å². The van der Waals surface area contributed by atoms with Gasteiger partial charge in [0.25, 0.3) is 0 Å². The Labute approximate surface area is 157 Å². The van der Waals surface area contributed by atoms with E-state index in [9.17, 15) is 13.5 Å². The first-order valence-corrected chi connectivity index (χ1v) is 10.2. The first-order chi connectivity index (χ1) is 11.8. The normalized spacial score (nSPS) is 21.2. The molecule has 2 aromatic rings. The lowest BCUT2D eigenvalue weighted by molar-refractivity contribution is 0.120. The van der Waals surface area contributed by atoms with Crippen LogP contribution in [0.2, 0.25) is 10.0 Å². The Hall–Kier alpha value is -1.18. The summed E-state index contributed by atoms with van der Waals surface area (Å²) in [5, 5.41) is 10.4. The summed E-state index contributed by atoms with van der Waals surface area (Å²) in [6, 6.07) is 7.85. The Morgan fingerprint density at radius 3 is 2.32 bits per heavy atom. The van der Waals surface area contributed by atoms with E-state index in [0.29, 0.717) is 47.0 Å². The number of hydrogen-bond donors (Lipinski definition) is 2. The highest BCUT2D eigenvalue weighted by Gasteiger charge is 2.24. The molecule has 5 nitrogen and oxygen atoms in total. The summed E-state index contributed by atoms with van der Waals surface area (Å²) >= 11 is 12.0. The van der Waals surface area contributed by atoms with Crippen LogP contribution in [-0.2, 0) is 10.0 Å². The lowest BCUT2D eigenvalue weighted by Crippen LogP contribution is -2.38. The number of hydrogen-bond acceptors (Lipinski definition) is 4. The Balaban J connectivity index is 1.77. The molecule has 0 amide bonds. The van der Waals surface area contributed by atoms with Crippen molar-refractivity contribution in [2.45, 2.75) is 42.7 Å². The van der Waals surface area contributed by atoms with Crippen LogP contribution in [0, 0.1) is 0 Å². The monoisotopic (exact) mass is 400 g/mol. The van der Waals surface area contributed by atoms with Crippen molar-refractivity contribution < 1.29 is 13.5 Å².